The fourth-order valence-electron chi connectivity index (χ4n) is 5.19. The fraction of sp³-hybridized carbons (Fsp3) is 0. The van der Waals surface area contributed by atoms with Gasteiger partial charge in [0.1, 0.15) is 11.1 Å². The van der Waals surface area contributed by atoms with Gasteiger partial charge in [0.2, 0.25) is 0 Å². The summed E-state index contributed by atoms with van der Waals surface area (Å²) in [7, 11) is -1.70. The third-order valence-corrected chi connectivity index (χ3v) is 11.8. The third-order valence-electron chi connectivity index (χ3n) is 7.09. The summed E-state index contributed by atoms with van der Waals surface area (Å²) in [6.07, 6.45) is 7.97. The van der Waals surface area contributed by atoms with E-state index in [-0.39, 0.29) is 0 Å². The molecule has 0 amide bonds. The topological polar surface area (TPSA) is 35.6 Å². The van der Waals surface area contributed by atoms with Crippen LogP contribution in [0.25, 0.3) is 11.4 Å². The maximum Gasteiger partial charge on any atom is 0.145 e. The van der Waals surface area contributed by atoms with Crippen LogP contribution in [0, 0.1) is 0 Å². The van der Waals surface area contributed by atoms with Crippen molar-refractivity contribution < 1.29 is 0 Å². The van der Waals surface area contributed by atoms with Crippen LogP contribution in [0.15, 0.2) is 170 Å². The minimum atomic E-state index is -0.849. The Morgan fingerprint density at radius 2 is 0.714 bits per heavy atom. The van der Waals surface area contributed by atoms with E-state index in [9.17, 15) is 0 Å². The Balaban J connectivity index is 1.32. The molecule has 0 aliphatic rings. The lowest BCUT2D eigenvalue weighted by Gasteiger charge is -2.21. The normalized spacial score (nSPS) is 11.3. The molecule has 202 valence electrons. The number of hydrogen-bond acceptors (Lipinski definition) is 2. The van der Waals surface area contributed by atoms with E-state index < -0.39 is 15.8 Å². The van der Waals surface area contributed by atoms with Gasteiger partial charge in [-0.2, -0.15) is 0 Å². The number of imidazole rings is 2. The number of aromatic nitrogens is 4. The van der Waals surface area contributed by atoms with Crippen LogP contribution >= 0.6 is 15.8 Å². The molecule has 6 heteroatoms. The second-order valence-electron chi connectivity index (χ2n) is 9.73. The highest BCUT2D eigenvalue weighted by atomic mass is 31.1. The van der Waals surface area contributed by atoms with E-state index in [0.29, 0.717) is 0 Å². The van der Waals surface area contributed by atoms with E-state index in [4.69, 9.17) is 9.97 Å². The highest BCUT2D eigenvalue weighted by Gasteiger charge is 2.24. The van der Waals surface area contributed by atoms with Gasteiger partial charge in [0.25, 0.3) is 0 Å². The van der Waals surface area contributed by atoms with Crippen molar-refractivity contribution in [2.45, 2.75) is 0 Å². The van der Waals surface area contributed by atoms with Crippen molar-refractivity contribution in [1.82, 2.24) is 19.1 Å². The minimum absolute atomic E-state index is 0.849. The van der Waals surface area contributed by atoms with Crippen molar-refractivity contribution in [3.63, 3.8) is 0 Å². The average molecular weight is 579 g/mol. The number of nitrogens with zero attached hydrogens (tertiary/aromatic N) is 4. The van der Waals surface area contributed by atoms with Gasteiger partial charge in [-0.25, -0.2) is 9.97 Å². The number of rotatable bonds is 8. The average Bonchev–Trinajstić information content (AvgIpc) is 3.74. The molecule has 0 aliphatic heterocycles. The molecular weight excluding hydrogens is 550 g/mol. The quantitative estimate of drug-likeness (QED) is 0.221. The highest BCUT2D eigenvalue weighted by Crippen LogP contribution is 2.34. The molecule has 42 heavy (non-hydrogen) atoms. The summed E-state index contributed by atoms with van der Waals surface area (Å²) in [5.74, 6) is 0. The van der Waals surface area contributed by atoms with E-state index in [1.807, 2.05) is 12.4 Å². The van der Waals surface area contributed by atoms with Crippen LogP contribution in [-0.2, 0) is 0 Å². The zero-order valence-corrected chi connectivity index (χ0v) is 24.6. The molecule has 0 saturated carbocycles. The first kappa shape index (κ1) is 26.3. The second kappa shape index (κ2) is 12.1. The Labute approximate surface area is 248 Å². The van der Waals surface area contributed by atoms with Crippen molar-refractivity contribution in [3.05, 3.63) is 170 Å². The molecule has 2 heterocycles. The van der Waals surface area contributed by atoms with Crippen molar-refractivity contribution >= 4 is 48.2 Å². The van der Waals surface area contributed by atoms with E-state index in [1.54, 1.807) is 0 Å². The van der Waals surface area contributed by atoms with Gasteiger partial charge in [0, 0.05) is 52.0 Å². The van der Waals surface area contributed by atoms with Crippen LogP contribution < -0.4 is 32.3 Å². The molecule has 0 fully saturated rings. The van der Waals surface area contributed by atoms with Gasteiger partial charge in [-0.15, -0.1) is 0 Å². The Morgan fingerprint density at radius 1 is 0.381 bits per heavy atom. The summed E-state index contributed by atoms with van der Waals surface area (Å²) >= 11 is 0. The maximum absolute atomic E-state index is 4.94. The Hall–Kier alpha value is -4.62. The van der Waals surface area contributed by atoms with E-state index >= 15 is 0 Å². The number of hydrogen-bond donors (Lipinski definition) is 0. The summed E-state index contributed by atoms with van der Waals surface area (Å²) in [6.45, 7) is 0. The molecule has 0 N–H and O–H groups in total. The molecular formula is C36H28N4P2. The molecule has 0 radical (unpaired) electrons. The van der Waals surface area contributed by atoms with Crippen LogP contribution in [0.3, 0.4) is 0 Å². The molecule has 0 spiro atoms. The minimum Gasteiger partial charge on any atom is -0.300 e. The van der Waals surface area contributed by atoms with Gasteiger partial charge in [-0.05, 0) is 39.4 Å². The van der Waals surface area contributed by atoms with Crippen molar-refractivity contribution in [2.75, 3.05) is 0 Å². The Morgan fingerprint density at radius 3 is 1.05 bits per heavy atom. The molecule has 0 saturated heterocycles. The van der Waals surface area contributed by atoms with Crippen LogP contribution in [0.4, 0.5) is 0 Å². The summed E-state index contributed by atoms with van der Waals surface area (Å²) in [5, 5.41) is 5.09. The first-order valence-electron chi connectivity index (χ1n) is 13.8. The second-order valence-corrected chi connectivity index (χ2v) is 13.9. The first-order chi connectivity index (χ1) is 20.9. The number of benzene rings is 5. The Bertz CT molecular complexity index is 1670. The van der Waals surface area contributed by atoms with Crippen molar-refractivity contribution in [1.29, 1.82) is 0 Å². The molecule has 2 aromatic heterocycles. The molecule has 0 aliphatic carbocycles. The van der Waals surface area contributed by atoms with Crippen LogP contribution in [-0.4, -0.2) is 19.1 Å². The molecule has 0 atom stereocenters. The van der Waals surface area contributed by atoms with Gasteiger partial charge in [0.15, 0.2) is 0 Å². The molecule has 0 unspecified atom stereocenters. The van der Waals surface area contributed by atoms with Gasteiger partial charge in [-0.1, -0.05) is 127 Å². The van der Waals surface area contributed by atoms with Crippen LogP contribution in [0.2, 0.25) is 0 Å². The van der Waals surface area contributed by atoms with Crippen molar-refractivity contribution in [2.24, 2.45) is 0 Å². The van der Waals surface area contributed by atoms with Crippen molar-refractivity contribution in [3.8, 4) is 11.4 Å². The first-order valence-corrected chi connectivity index (χ1v) is 16.5. The third kappa shape index (κ3) is 5.23. The zero-order chi connectivity index (χ0) is 28.1. The maximum atomic E-state index is 4.94. The lowest BCUT2D eigenvalue weighted by Crippen LogP contribution is -2.28. The monoisotopic (exact) mass is 578 g/mol. The molecule has 4 nitrogen and oxygen atoms in total. The van der Waals surface area contributed by atoms with E-state index in [2.05, 4.69) is 167 Å². The molecule has 7 rings (SSSR count). The Kier molecular flexibility index (Phi) is 7.57. The van der Waals surface area contributed by atoms with Gasteiger partial charge < -0.3 is 0 Å². The summed E-state index contributed by atoms with van der Waals surface area (Å²) in [6, 6.07) is 51.5. The molecule has 0 bridgehead atoms. The summed E-state index contributed by atoms with van der Waals surface area (Å²) in [5.41, 5.74) is 4.23. The van der Waals surface area contributed by atoms with Gasteiger partial charge >= 0.3 is 0 Å². The van der Waals surface area contributed by atoms with E-state index in [1.165, 1.54) is 21.2 Å². The van der Waals surface area contributed by atoms with Gasteiger partial charge in [0.05, 0.1) is 0 Å². The molecule has 7 aromatic rings. The standard InChI is InChI=1S/C36H28N4P2/c1-5-16-31(17-6-1)41(32-18-7-2-8-19-32)35-37-24-26-39(35)29-14-13-15-30(28-29)40-27-25-38-36(40)42(33-20-9-3-10-21-33)34-22-11-4-12-23-34/h1-28H. The van der Waals surface area contributed by atoms with Crippen LogP contribution in [0.5, 0.6) is 0 Å². The van der Waals surface area contributed by atoms with E-state index in [0.717, 1.165) is 22.5 Å². The predicted octanol–water partition coefficient (Wildman–Crippen LogP) is 5.57. The zero-order valence-electron chi connectivity index (χ0n) is 22.8. The predicted molar refractivity (Wildman–Crippen MR) is 178 cm³/mol. The SMILES string of the molecule is c1ccc(P(c2ccccc2)c2nccn2-c2cccc(-n3ccnc3P(c3ccccc3)c3ccccc3)c2)cc1. The largest absolute Gasteiger partial charge is 0.300 e. The highest BCUT2D eigenvalue weighted by molar-refractivity contribution is 7.79. The fourth-order valence-corrected chi connectivity index (χ4v) is 9.75. The van der Waals surface area contributed by atoms with Crippen LogP contribution in [0.1, 0.15) is 0 Å². The summed E-state index contributed by atoms with van der Waals surface area (Å²) in [4.78, 5) is 9.88. The summed E-state index contributed by atoms with van der Waals surface area (Å²) < 4.78 is 4.48. The lowest BCUT2D eigenvalue weighted by atomic mass is 10.2. The van der Waals surface area contributed by atoms with Gasteiger partial charge in [-0.3, -0.25) is 9.13 Å². The smallest absolute Gasteiger partial charge is 0.145 e. The molecule has 5 aromatic carbocycles. The lowest BCUT2D eigenvalue weighted by molar-refractivity contribution is 1.07.